The third kappa shape index (κ3) is 3.08. The molecule has 0 aliphatic carbocycles. The Labute approximate surface area is 116 Å². The molecular formula is C13H9BrF2N2O. The van der Waals surface area contributed by atoms with E-state index in [-0.39, 0.29) is 11.3 Å². The molecule has 0 saturated heterocycles. The second-order valence-corrected chi connectivity index (χ2v) is 4.73. The van der Waals surface area contributed by atoms with Crippen molar-refractivity contribution >= 4 is 33.2 Å². The van der Waals surface area contributed by atoms with Gasteiger partial charge in [-0.05, 0) is 36.4 Å². The van der Waals surface area contributed by atoms with Crippen LogP contribution in [0.1, 0.15) is 10.4 Å². The van der Waals surface area contributed by atoms with Crippen LogP contribution in [0.25, 0.3) is 0 Å². The van der Waals surface area contributed by atoms with Gasteiger partial charge in [-0.2, -0.15) is 0 Å². The molecule has 0 atom stereocenters. The van der Waals surface area contributed by atoms with E-state index in [4.69, 9.17) is 5.73 Å². The molecule has 3 nitrogen and oxygen atoms in total. The van der Waals surface area contributed by atoms with Crippen LogP contribution in [0.2, 0.25) is 0 Å². The highest BCUT2D eigenvalue weighted by molar-refractivity contribution is 9.10. The summed E-state index contributed by atoms with van der Waals surface area (Å²) in [4.78, 5) is 11.8. The summed E-state index contributed by atoms with van der Waals surface area (Å²) < 4.78 is 27.5. The zero-order chi connectivity index (χ0) is 14.0. The summed E-state index contributed by atoms with van der Waals surface area (Å²) in [6.45, 7) is 0. The first-order valence-corrected chi connectivity index (χ1v) is 6.08. The van der Waals surface area contributed by atoms with Crippen LogP contribution in [0.5, 0.6) is 0 Å². The van der Waals surface area contributed by atoms with Crippen LogP contribution in [0.4, 0.5) is 20.2 Å². The largest absolute Gasteiger partial charge is 0.399 e. The Morgan fingerprint density at radius 1 is 1.11 bits per heavy atom. The topological polar surface area (TPSA) is 55.1 Å². The lowest BCUT2D eigenvalue weighted by Crippen LogP contribution is -2.14. The predicted molar refractivity (Wildman–Crippen MR) is 72.9 cm³/mol. The van der Waals surface area contributed by atoms with E-state index in [1.165, 1.54) is 24.3 Å². The maximum atomic E-state index is 13.6. The molecule has 0 heterocycles. The summed E-state index contributed by atoms with van der Waals surface area (Å²) in [6, 6.07) is 7.75. The standard InChI is InChI=1S/C13H9BrF2N2O/c14-7-1-3-9(11(16)5-7)13(19)18-12-6-8(17)2-4-10(12)15/h1-6H,17H2,(H,18,19). The minimum Gasteiger partial charge on any atom is -0.399 e. The first-order chi connectivity index (χ1) is 8.97. The molecule has 0 aromatic heterocycles. The van der Waals surface area contributed by atoms with Crippen LogP contribution in [0, 0.1) is 11.6 Å². The number of amides is 1. The Morgan fingerprint density at radius 2 is 1.84 bits per heavy atom. The average Bonchev–Trinajstić information content (AvgIpc) is 2.33. The highest BCUT2D eigenvalue weighted by Gasteiger charge is 2.14. The number of hydrogen-bond acceptors (Lipinski definition) is 2. The number of rotatable bonds is 2. The van der Waals surface area contributed by atoms with Crippen LogP contribution in [0.3, 0.4) is 0 Å². The second-order valence-electron chi connectivity index (χ2n) is 3.82. The van der Waals surface area contributed by atoms with E-state index in [9.17, 15) is 13.6 Å². The highest BCUT2D eigenvalue weighted by atomic mass is 79.9. The molecule has 0 aliphatic rings. The molecule has 0 fully saturated rings. The summed E-state index contributed by atoms with van der Waals surface area (Å²) >= 11 is 3.09. The van der Waals surface area contributed by atoms with Gasteiger partial charge in [0.15, 0.2) is 0 Å². The molecule has 0 spiro atoms. The summed E-state index contributed by atoms with van der Waals surface area (Å²) in [5, 5.41) is 2.28. The zero-order valence-corrected chi connectivity index (χ0v) is 11.2. The van der Waals surface area contributed by atoms with Crippen molar-refractivity contribution in [3.63, 3.8) is 0 Å². The van der Waals surface area contributed by atoms with Gasteiger partial charge in [0.2, 0.25) is 0 Å². The quantitative estimate of drug-likeness (QED) is 0.829. The van der Waals surface area contributed by atoms with Crippen LogP contribution in [-0.4, -0.2) is 5.91 Å². The third-order valence-electron chi connectivity index (χ3n) is 2.41. The van der Waals surface area contributed by atoms with Gasteiger partial charge in [0.05, 0.1) is 11.3 Å². The minimum atomic E-state index is -0.741. The van der Waals surface area contributed by atoms with Gasteiger partial charge in [0.25, 0.3) is 5.91 Å². The van der Waals surface area contributed by atoms with Crippen molar-refractivity contribution in [1.29, 1.82) is 0 Å². The summed E-state index contributed by atoms with van der Waals surface area (Å²) in [5.74, 6) is -2.08. The van der Waals surface area contributed by atoms with Crippen molar-refractivity contribution < 1.29 is 13.6 Å². The summed E-state index contributed by atoms with van der Waals surface area (Å²) in [6.07, 6.45) is 0. The number of benzene rings is 2. The Morgan fingerprint density at radius 3 is 2.53 bits per heavy atom. The molecule has 0 aliphatic heterocycles. The van der Waals surface area contributed by atoms with E-state index in [1.54, 1.807) is 0 Å². The van der Waals surface area contributed by atoms with Crippen molar-refractivity contribution in [2.24, 2.45) is 0 Å². The predicted octanol–water partition coefficient (Wildman–Crippen LogP) is 3.56. The lowest BCUT2D eigenvalue weighted by Gasteiger charge is -2.08. The number of nitrogens with two attached hydrogens (primary N) is 1. The van der Waals surface area contributed by atoms with Crippen LogP contribution in [0.15, 0.2) is 40.9 Å². The molecule has 0 bridgehead atoms. The number of anilines is 2. The molecule has 98 valence electrons. The molecule has 3 N–H and O–H groups in total. The normalized spacial score (nSPS) is 10.3. The molecule has 0 radical (unpaired) electrons. The summed E-state index contributed by atoms with van der Waals surface area (Å²) in [5.41, 5.74) is 5.53. The van der Waals surface area contributed by atoms with E-state index in [0.717, 1.165) is 12.1 Å². The van der Waals surface area contributed by atoms with E-state index in [2.05, 4.69) is 21.2 Å². The fraction of sp³-hybridized carbons (Fsp3) is 0. The van der Waals surface area contributed by atoms with Crippen molar-refractivity contribution in [2.45, 2.75) is 0 Å². The molecule has 0 saturated carbocycles. The highest BCUT2D eigenvalue weighted by Crippen LogP contribution is 2.20. The molecule has 6 heteroatoms. The fourth-order valence-electron chi connectivity index (χ4n) is 1.50. The Hall–Kier alpha value is -1.95. The molecule has 2 rings (SSSR count). The molecule has 2 aromatic rings. The number of hydrogen-bond donors (Lipinski definition) is 2. The van der Waals surface area contributed by atoms with Gasteiger partial charge in [0, 0.05) is 10.2 Å². The summed E-state index contributed by atoms with van der Waals surface area (Å²) in [7, 11) is 0. The number of nitrogens with one attached hydrogen (secondary N) is 1. The fourth-order valence-corrected chi connectivity index (χ4v) is 1.84. The van der Waals surface area contributed by atoms with Crippen molar-refractivity contribution in [3.05, 3.63) is 58.1 Å². The van der Waals surface area contributed by atoms with Crippen LogP contribution in [-0.2, 0) is 0 Å². The molecule has 19 heavy (non-hydrogen) atoms. The smallest absolute Gasteiger partial charge is 0.258 e. The Kier molecular flexibility index (Phi) is 3.80. The average molecular weight is 327 g/mol. The number of carbonyl (C=O) groups excluding carboxylic acids is 1. The van der Waals surface area contributed by atoms with Gasteiger partial charge in [0.1, 0.15) is 11.6 Å². The van der Waals surface area contributed by atoms with E-state index in [1.807, 2.05) is 0 Å². The first-order valence-electron chi connectivity index (χ1n) is 5.29. The second kappa shape index (κ2) is 5.36. The molecule has 2 aromatic carbocycles. The molecule has 0 unspecified atom stereocenters. The lowest BCUT2D eigenvalue weighted by atomic mass is 10.2. The maximum absolute atomic E-state index is 13.6. The van der Waals surface area contributed by atoms with Crippen molar-refractivity contribution in [1.82, 2.24) is 0 Å². The van der Waals surface area contributed by atoms with Gasteiger partial charge in [-0.3, -0.25) is 4.79 Å². The molecular weight excluding hydrogens is 318 g/mol. The maximum Gasteiger partial charge on any atom is 0.258 e. The van der Waals surface area contributed by atoms with Crippen LogP contribution < -0.4 is 11.1 Å². The van der Waals surface area contributed by atoms with Gasteiger partial charge < -0.3 is 11.1 Å². The monoisotopic (exact) mass is 326 g/mol. The van der Waals surface area contributed by atoms with Crippen molar-refractivity contribution in [2.75, 3.05) is 11.1 Å². The number of nitrogen functional groups attached to an aromatic ring is 1. The van der Waals surface area contributed by atoms with Crippen LogP contribution >= 0.6 is 15.9 Å². The van der Waals surface area contributed by atoms with Gasteiger partial charge >= 0.3 is 0 Å². The number of carbonyl (C=O) groups is 1. The Bertz CT molecular complexity index is 647. The van der Waals surface area contributed by atoms with E-state index in [0.29, 0.717) is 10.2 Å². The molecule has 1 amide bonds. The van der Waals surface area contributed by atoms with Gasteiger partial charge in [-0.1, -0.05) is 15.9 Å². The SMILES string of the molecule is Nc1ccc(F)c(NC(=O)c2ccc(Br)cc2F)c1. The zero-order valence-electron chi connectivity index (χ0n) is 9.58. The van der Waals surface area contributed by atoms with Gasteiger partial charge in [-0.25, -0.2) is 8.78 Å². The third-order valence-corrected chi connectivity index (χ3v) is 2.91. The minimum absolute atomic E-state index is 0.0904. The van der Waals surface area contributed by atoms with E-state index < -0.39 is 17.5 Å². The lowest BCUT2D eigenvalue weighted by molar-refractivity contribution is 0.102. The Balaban J connectivity index is 2.28. The first kappa shape index (κ1) is 13.5. The van der Waals surface area contributed by atoms with Crippen molar-refractivity contribution in [3.8, 4) is 0 Å². The number of halogens is 3. The van der Waals surface area contributed by atoms with Gasteiger partial charge in [-0.15, -0.1) is 0 Å². The van der Waals surface area contributed by atoms with E-state index >= 15 is 0 Å².